The molecule has 29 heavy (non-hydrogen) atoms. The van der Waals surface area contributed by atoms with Gasteiger partial charge in [0.25, 0.3) is 0 Å². The Hall–Kier alpha value is -2.70. The highest BCUT2D eigenvalue weighted by molar-refractivity contribution is 5.87. The second-order valence-electron chi connectivity index (χ2n) is 7.53. The van der Waals surface area contributed by atoms with Gasteiger partial charge < -0.3 is 10.2 Å². The Morgan fingerprint density at radius 1 is 1.07 bits per heavy atom. The maximum absolute atomic E-state index is 12.3. The number of carbonyl (C=O) groups is 2. The first kappa shape index (κ1) is 21.0. The second kappa shape index (κ2) is 9.67. The molecule has 0 bridgehead atoms. The number of rotatable bonds is 9. The van der Waals surface area contributed by atoms with Gasteiger partial charge >= 0.3 is 5.97 Å². The van der Waals surface area contributed by atoms with Crippen LogP contribution in [0.25, 0.3) is 0 Å². The number of carboxylic acid groups (broad SMARTS) is 1. The molecule has 1 aliphatic rings. The summed E-state index contributed by atoms with van der Waals surface area (Å²) < 4.78 is 0. The van der Waals surface area contributed by atoms with E-state index in [1.165, 1.54) is 0 Å². The van der Waals surface area contributed by atoms with Gasteiger partial charge in [-0.1, -0.05) is 49.4 Å². The van der Waals surface area contributed by atoms with Crippen molar-refractivity contribution in [3.8, 4) is 0 Å². The van der Waals surface area contributed by atoms with Crippen LogP contribution < -0.4 is 0 Å². The van der Waals surface area contributed by atoms with E-state index in [0.717, 1.165) is 11.1 Å². The van der Waals surface area contributed by atoms with Crippen LogP contribution in [0, 0.1) is 0 Å². The summed E-state index contributed by atoms with van der Waals surface area (Å²) in [5, 5.41) is 23.4. The number of aliphatic hydroxyl groups is 1. The summed E-state index contributed by atoms with van der Waals surface area (Å²) in [6, 6.07) is 16.7. The average molecular weight is 396 g/mol. The number of hydrazine groups is 1. The third-order valence-corrected chi connectivity index (χ3v) is 5.61. The zero-order valence-electron chi connectivity index (χ0n) is 16.7. The molecule has 0 radical (unpaired) electrons. The van der Waals surface area contributed by atoms with Gasteiger partial charge in [0.05, 0.1) is 11.7 Å². The Kier molecular flexibility index (Phi) is 7.01. The predicted octanol–water partition coefficient (Wildman–Crippen LogP) is 2.93. The zero-order valence-corrected chi connectivity index (χ0v) is 16.7. The Morgan fingerprint density at radius 3 is 2.41 bits per heavy atom. The molecule has 6 nitrogen and oxygen atoms in total. The summed E-state index contributed by atoms with van der Waals surface area (Å²) in [5.74, 6) is -0.811. The largest absolute Gasteiger partial charge is 0.478 e. The quantitative estimate of drug-likeness (QED) is 0.681. The highest BCUT2D eigenvalue weighted by Crippen LogP contribution is 2.22. The molecule has 2 N–H and O–H groups in total. The number of nitrogens with zero attached hydrogens (tertiary/aromatic N) is 2. The predicted molar refractivity (Wildman–Crippen MR) is 110 cm³/mol. The van der Waals surface area contributed by atoms with Crippen molar-refractivity contribution in [2.45, 2.75) is 38.2 Å². The first-order chi connectivity index (χ1) is 14.0. The molecule has 1 heterocycles. The van der Waals surface area contributed by atoms with Gasteiger partial charge in [0, 0.05) is 32.0 Å². The monoisotopic (exact) mass is 396 g/mol. The van der Waals surface area contributed by atoms with Gasteiger partial charge in [-0.25, -0.2) is 9.80 Å². The van der Waals surface area contributed by atoms with Crippen LogP contribution in [0.3, 0.4) is 0 Å². The average Bonchev–Trinajstić information content (AvgIpc) is 3.10. The minimum Gasteiger partial charge on any atom is -0.478 e. The van der Waals surface area contributed by atoms with Gasteiger partial charge in [0.15, 0.2) is 0 Å². The molecule has 0 saturated carbocycles. The minimum atomic E-state index is -0.944. The summed E-state index contributed by atoms with van der Waals surface area (Å²) in [6.07, 6.45) is 1.26. The van der Waals surface area contributed by atoms with E-state index in [-0.39, 0.29) is 17.4 Å². The van der Waals surface area contributed by atoms with Crippen LogP contribution in [0.15, 0.2) is 54.6 Å². The molecular formula is C23H28N2O4. The van der Waals surface area contributed by atoms with E-state index in [2.05, 4.69) is 0 Å². The van der Waals surface area contributed by atoms with Gasteiger partial charge in [0.2, 0.25) is 5.91 Å². The number of aliphatic hydroxyl groups excluding tert-OH is 1. The van der Waals surface area contributed by atoms with E-state index in [0.29, 0.717) is 38.9 Å². The van der Waals surface area contributed by atoms with E-state index in [1.54, 1.807) is 29.3 Å². The maximum atomic E-state index is 12.3. The number of carboxylic acids is 1. The van der Waals surface area contributed by atoms with Crippen LogP contribution in [0.2, 0.25) is 0 Å². The van der Waals surface area contributed by atoms with E-state index < -0.39 is 12.1 Å². The van der Waals surface area contributed by atoms with Crippen LogP contribution in [0.1, 0.15) is 47.2 Å². The van der Waals surface area contributed by atoms with Crippen molar-refractivity contribution in [1.82, 2.24) is 10.0 Å². The van der Waals surface area contributed by atoms with E-state index in [9.17, 15) is 14.7 Å². The fourth-order valence-corrected chi connectivity index (χ4v) is 3.69. The van der Waals surface area contributed by atoms with Gasteiger partial charge in [-0.15, -0.1) is 0 Å². The Labute approximate surface area is 171 Å². The number of benzene rings is 2. The normalized spacial score (nSPS) is 16.8. The third-order valence-electron chi connectivity index (χ3n) is 5.61. The molecule has 1 aliphatic heterocycles. The Morgan fingerprint density at radius 2 is 1.76 bits per heavy atom. The van der Waals surface area contributed by atoms with Crippen LogP contribution in [0.5, 0.6) is 0 Å². The zero-order chi connectivity index (χ0) is 20.8. The molecule has 0 aromatic heterocycles. The highest BCUT2D eigenvalue weighted by atomic mass is 16.4. The van der Waals surface area contributed by atoms with E-state index in [1.807, 2.05) is 42.3 Å². The van der Waals surface area contributed by atoms with Crippen LogP contribution in [-0.4, -0.2) is 57.8 Å². The fourth-order valence-electron chi connectivity index (χ4n) is 3.69. The summed E-state index contributed by atoms with van der Waals surface area (Å²) >= 11 is 0. The lowest BCUT2D eigenvalue weighted by Gasteiger charge is -2.29. The lowest BCUT2D eigenvalue weighted by atomic mass is 9.93. The van der Waals surface area contributed by atoms with Gasteiger partial charge in [-0.05, 0) is 36.1 Å². The molecule has 0 spiro atoms. The molecule has 6 heteroatoms. The fraction of sp³-hybridized carbons (Fsp3) is 0.391. The molecule has 154 valence electrons. The van der Waals surface area contributed by atoms with Crippen molar-refractivity contribution in [2.24, 2.45) is 0 Å². The molecular weight excluding hydrogens is 368 g/mol. The van der Waals surface area contributed by atoms with Gasteiger partial charge in [0.1, 0.15) is 0 Å². The Bertz CT molecular complexity index is 823. The molecule has 0 unspecified atom stereocenters. The van der Waals surface area contributed by atoms with E-state index in [4.69, 9.17) is 5.11 Å². The second-order valence-corrected chi connectivity index (χ2v) is 7.53. The topological polar surface area (TPSA) is 81.1 Å². The number of hydrogen-bond donors (Lipinski definition) is 2. The third kappa shape index (κ3) is 5.43. The van der Waals surface area contributed by atoms with Crippen LogP contribution in [-0.2, 0) is 11.2 Å². The summed E-state index contributed by atoms with van der Waals surface area (Å²) in [6.45, 7) is 3.87. The van der Waals surface area contributed by atoms with E-state index >= 15 is 0 Å². The molecule has 2 aromatic carbocycles. The number of aromatic carboxylic acids is 1. The Balaban J connectivity index is 1.52. The first-order valence-electron chi connectivity index (χ1n) is 10.1. The molecule has 3 rings (SSSR count). The van der Waals surface area contributed by atoms with Crippen molar-refractivity contribution in [3.63, 3.8) is 0 Å². The molecule has 2 aromatic rings. The SMILES string of the molecule is C[C@@H](c1ccccc1)[C@@H](O)CCN1CCC(=O)N1CCc1ccc(C(=O)O)cc1. The lowest BCUT2D eigenvalue weighted by Crippen LogP contribution is -2.42. The number of hydrogen-bond acceptors (Lipinski definition) is 4. The highest BCUT2D eigenvalue weighted by Gasteiger charge is 2.29. The molecule has 0 aliphatic carbocycles. The summed E-state index contributed by atoms with van der Waals surface area (Å²) in [7, 11) is 0. The molecule has 1 amide bonds. The van der Waals surface area contributed by atoms with Gasteiger partial charge in [-0.2, -0.15) is 0 Å². The number of amides is 1. The lowest BCUT2D eigenvalue weighted by molar-refractivity contribution is -0.138. The van der Waals surface area contributed by atoms with Crippen molar-refractivity contribution >= 4 is 11.9 Å². The van der Waals surface area contributed by atoms with Crippen LogP contribution >= 0.6 is 0 Å². The maximum Gasteiger partial charge on any atom is 0.335 e. The number of carbonyl (C=O) groups excluding carboxylic acids is 1. The van der Waals surface area contributed by atoms with Crippen molar-refractivity contribution < 1.29 is 19.8 Å². The molecule has 2 atom stereocenters. The van der Waals surface area contributed by atoms with Crippen molar-refractivity contribution in [2.75, 3.05) is 19.6 Å². The van der Waals surface area contributed by atoms with Crippen molar-refractivity contribution in [3.05, 3.63) is 71.3 Å². The van der Waals surface area contributed by atoms with Crippen LogP contribution in [0.4, 0.5) is 0 Å². The molecule has 1 saturated heterocycles. The van der Waals surface area contributed by atoms with Gasteiger partial charge in [-0.3, -0.25) is 9.80 Å². The standard InChI is InChI=1S/C23H28N2O4/c1-17(19-5-3-2-4-6-19)21(26)12-14-24-15-13-22(27)25(24)16-11-18-7-9-20(10-8-18)23(28)29/h2-10,17,21,26H,11-16H2,1H3,(H,28,29)/t17-,21-/m0/s1. The smallest absolute Gasteiger partial charge is 0.335 e. The minimum absolute atomic E-state index is 0.0377. The van der Waals surface area contributed by atoms with Crippen molar-refractivity contribution in [1.29, 1.82) is 0 Å². The summed E-state index contributed by atoms with van der Waals surface area (Å²) in [4.78, 5) is 23.2. The first-order valence-corrected chi connectivity index (χ1v) is 10.1. The summed E-state index contributed by atoms with van der Waals surface area (Å²) in [5.41, 5.74) is 2.36. The molecule has 1 fully saturated rings.